The van der Waals surface area contributed by atoms with Crippen LogP contribution in [0.5, 0.6) is 0 Å². The molecule has 1 N–H and O–H groups in total. The van der Waals surface area contributed by atoms with Crippen molar-refractivity contribution in [1.29, 1.82) is 0 Å². The van der Waals surface area contributed by atoms with Gasteiger partial charge in [0.15, 0.2) is 0 Å². The Bertz CT molecular complexity index is 729. The zero-order chi connectivity index (χ0) is 15.6. The van der Waals surface area contributed by atoms with Gasteiger partial charge in [-0.1, -0.05) is 12.1 Å². The van der Waals surface area contributed by atoms with Crippen molar-refractivity contribution < 1.29 is 9.72 Å². The molecular weight excluding hydrogens is 336 g/mol. The summed E-state index contributed by atoms with van der Waals surface area (Å²) in [4.78, 5) is 22.6. The monoisotopic (exact) mass is 348 g/mol. The fourth-order valence-electron chi connectivity index (χ4n) is 1.94. The van der Waals surface area contributed by atoms with Crippen LogP contribution in [-0.4, -0.2) is 10.8 Å². The second kappa shape index (κ2) is 6.05. The summed E-state index contributed by atoms with van der Waals surface area (Å²) in [5, 5.41) is 13.6. The van der Waals surface area contributed by atoms with Crippen molar-refractivity contribution >= 4 is 33.2 Å². The lowest BCUT2D eigenvalue weighted by molar-refractivity contribution is -0.384. The normalized spacial score (nSPS) is 10.2. The molecule has 0 bridgehead atoms. The molecule has 0 fully saturated rings. The topological polar surface area (TPSA) is 72.2 Å². The summed E-state index contributed by atoms with van der Waals surface area (Å²) in [6.07, 6.45) is 0. The molecule has 0 aliphatic heterocycles. The Balaban J connectivity index is 2.32. The second-order valence-corrected chi connectivity index (χ2v) is 5.50. The Morgan fingerprint density at radius 3 is 2.62 bits per heavy atom. The highest BCUT2D eigenvalue weighted by molar-refractivity contribution is 9.10. The Morgan fingerprint density at radius 2 is 1.95 bits per heavy atom. The van der Waals surface area contributed by atoms with Gasteiger partial charge in [0, 0.05) is 22.2 Å². The third-order valence-electron chi connectivity index (χ3n) is 2.98. The molecule has 2 aromatic carbocycles. The average Bonchev–Trinajstić information content (AvgIpc) is 2.43. The summed E-state index contributed by atoms with van der Waals surface area (Å²) in [6.45, 7) is 3.63. The SMILES string of the molecule is Cc1cc(C(=O)Nc2cccc(C)c2Br)cc([N+](=O)[O-])c1. The number of benzene rings is 2. The van der Waals surface area contributed by atoms with E-state index in [9.17, 15) is 14.9 Å². The van der Waals surface area contributed by atoms with Crippen LogP contribution in [0, 0.1) is 24.0 Å². The first kappa shape index (κ1) is 15.2. The van der Waals surface area contributed by atoms with E-state index in [0.29, 0.717) is 11.3 Å². The Kier molecular flexibility index (Phi) is 4.37. The summed E-state index contributed by atoms with van der Waals surface area (Å²) in [5.74, 6) is -0.381. The fourth-order valence-corrected chi connectivity index (χ4v) is 2.30. The number of nitro benzene ring substituents is 1. The van der Waals surface area contributed by atoms with Crippen LogP contribution in [0.2, 0.25) is 0 Å². The van der Waals surface area contributed by atoms with Gasteiger partial charge in [0.1, 0.15) is 0 Å². The van der Waals surface area contributed by atoms with Gasteiger partial charge < -0.3 is 5.32 Å². The number of aryl methyl sites for hydroxylation is 2. The molecule has 1 amide bonds. The second-order valence-electron chi connectivity index (χ2n) is 4.70. The van der Waals surface area contributed by atoms with Crippen LogP contribution in [0.15, 0.2) is 40.9 Å². The van der Waals surface area contributed by atoms with Crippen molar-refractivity contribution in [3.63, 3.8) is 0 Å². The number of rotatable bonds is 3. The van der Waals surface area contributed by atoms with E-state index in [1.54, 1.807) is 19.1 Å². The van der Waals surface area contributed by atoms with Crippen molar-refractivity contribution in [3.05, 3.63) is 67.7 Å². The van der Waals surface area contributed by atoms with Gasteiger partial charge in [-0.15, -0.1) is 0 Å². The first-order chi connectivity index (χ1) is 9.88. The first-order valence-electron chi connectivity index (χ1n) is 6.21. The van der Waals surface area contributed by atoms with Gasteiger partial charge in [-0.05, 0) is 53.0 Å². The maximum absolute atomic E-state index is 12.3. The van der Waals surface area contributed by atoms with Crippen LogP contribution in [0.4, 0.5) is 11.4 Å². The predicted octanol–water partition coefficient (Wildman–Crippen LogP) is 4.23. The smallest absolute Gasteiger partial charge is 0.270 e. The minimum Gasteiger partial charge on any atom is -0.321 e. The number of carbonyl (C=O) groups is 1. The van der Waals surface area contributed by atoms with E-state index in [2.05, 4.69) is 21.2 Å². The van der Waals surface area contributed by atoms with Gasteiger partial charge in [0.05, 0.1) is 10.6 Å². The number of nitrogens with one attached hydrogen (secondary N) is 1. The van der Waals surface area contributed by atoms with E-state index in [4.69, 9.17) is 0 Å². The van der Waals surface area contributed by atoms with Crippen LogP contribution in [0.1, 0.15) is 21.5 Å². The highest BCUT2D eigenvalue weighted by Gasteiger charge is 2.14. The molecule has 0 spiro atoms. The number of hydrogen-bond donors (Lipinski definition) is 1. The first-order valence-corrected chi connectivity index (χ1v) is 7.00. The number of hydrogen-bond acceptors (Lipinski definition) is 3. The van der Waals surface area contributed by atoms with E-state index >= 15 is 0 Å². The summed E-state index contributed by atoms with van der Waals surface area (Å²) in [6, 6.07) is 9.82. The van der Waals surface area contributed by atoms with Crippen molar-refractivity contribution in [2.24, 2.45) is 0 Å². The fraction of sp³-hybridized carbons (Fsp3) is 0.133. The van der Waals surface area contributed by atoms with Crippen molar-refractivity contribution in [1.82, 2.24) is 0 Å². The van der Waals surface area contributed by atoms with Crippen molar-refractivity contribution in [2.45, 2.75) is 13.8 Å². The molecule has 2 rings (SSSR count). The molecule has 21 heavy (non-hydrogen) atoms. The number of carbonyl (C=O) groups excluding carboxylic acids is 1. The number of non-ortho nitro benzene ring substituents is 1. The summed E-state index contributed by atoms with van der Waals surface area (Å²) < 4.78 is 0.792. The number of halogens is 1. The van der Waals surface area contributed by atoms with Gasteiger partial charge in [-0.2, -0.15) is 0 Å². The number of amides is 1. The molecule has 0 heterocycles. The maximum atomic E-state index is 12.3. The lowest BCUT2D eigenvalue weighted by Crippen LogP contribution is -2.13. The van der Waals surface area contributed by atoms with Crippen LogP contribution >= 0.6 is 15.9 Å². The van der Waals surface area contributed by atoms with E-state index in [0.717, 1.165) is 10.0 Å². The van der Waals surface area contributed by atoms with Gasteiger partial charge >= 0.3 is 0 Å². The lowest BCUT2D eigenvalue weighted by atomic mass is 10.1. The third-order valence-corrected chi connectivity index (χ3v) is 4.03. The molecule has 0 saturated heterocycles. The van der Waals surface area contributed by atoms with Crippen molar-refractivity contribution in [3.8, 4) is 0 Å². The minimum absolute atomic E-state index is 0.0940. The molecule has 2 aromatic rings. The molecule has 108 valence electrons. The molecular formula is C15H13BrN2O3. The molecule has 5 nitrogen and oxygen atoms in total. The van der Waals surface area contributed by atoms with Crippen LogP contribution in [0.25, 0.3) is 0 Å². The molecule has 0 aromatic heterocycles. The molecule has 0 atom stereocenters. The molecule has 0 saturated carbocycles. The molecule has 0 aliphatic rings. The van der Waals surface area contributed by atoms with Crippen LogP contribution in [0.3, 0.4) is 0 Å². The zero-order valence-electron chi connectivity index (χ0n) is 11.5. The highest BCUT2D eigenvalue weighted by Crippen LogP contribution is 2.26. The van der Waals surface area contributed by atoms with Gasteiger partial charge in [0.2, 0.25) is 0 Å². The zero-order valence-corrected chi connectivity index (χ0v) is 13.1. The van der Waals surface area contributed by atoms with Gasteiger partial charge in [0.25, 0.3) is 11.6 Å². The van der Waals surface area contributed by atoms with E-state index in [-0.39, 0.29) is 17.2 Å². The number of nitro groups is 1. The maximum Gasteiger partial charge on any atom is 0.270 e. The number of anilines is 1. The Labute approximate surface area is 130 Å². The van der Waals surface area contributed by atoms with Crippen LogP contribution < -0.4 is 5.32 Å². The Hall–Kier alpha value is -2.21. The van der Waals surface area contributed by atoms with E-state index in [1.807, 2.05) is 19.1 Å². The van der Waals surface area contributed by atoms with Crippen LogP contribution in [-0.2, 0) is 0 Å². The minimum atomic E-state index is -0.508. The third kappa shape index (κ3) is 3.46. The van der Waals surface area contributed by atoms with Gasteiger partial charge in [-0.3, -0.25) is 14.9 Å². The predicted molar refractivity (Wildman–Crippen MR) is 84.7 cm³/mol. The Morgan fingerprint density at radius 1 is 1.24 bits per heavy atom. The highest BCUT2D eigenvalue weighted by atomic mass is 79.9. The van der Waals surface area contributed by atoms with E-state index < -0.39 is 4.92 Å². The molecule has 0 radical (unpaired) electrons. The summed E-state index contributed by atoms with van der Waals surface area (Å²) >= 11 is 3.41. The average molecular weight is 349 g/mol. The molecule has 6 heteroatoms. The standard InChI is InChI=1S/C15H13BrN2O3/c1-9-6-11(8-12(7-9)18(20)21)15(19)17-13-5-3-4-10(2)14(13)16/h3-8H,1-2H3,(H,17,19). The van der Waals surface area contributed by atoms with Crippen molar-refractivity contribution in [2.75, 3.05) is 5.32 Å². The largest absolute Gasteiger partial charge is 0.321 e. The van der Waals surface area contributed by atoms with Gasteiger partial charge in [-0.25, -0.2) is 0 Å². The lowest BCUT2D eigenvalue weighted by Gasteiger charge is -2.09. The quantitative estimate of drug-likeness (QED) is 0.666. The molecule has 0 aliphatic carbocycles. The number of nitrogens with zero attached hydrogens (tertiary/aromatic N) is 1. The summed E-state index contributed by atoms with van der Waals surface area (Å²) in [5.41, 5.74) is 2.45. The molecule has 0 unspecified atom stereocenters. The summed E-state index contributed by atoms with van der Waals surface area (Å²) in [7, 11) is 0. The van der Waals surface area contributed by atoms with E-state index in [1.165, 1.54) is 12.1 Å².